The molecule has 26 heavy (non-hydrogen) atoms. The zero-order chi connectivity index (χ0) is 18.1. The highest BCUT2D eigenvalue weighted by Crippen LogP contribution is 2.38. The van der Waals surface area contributed by atoms with Gasteiger partial charge in [0.05, 0.1) is 11.6 Å². The van der Waals surface area contributed by atoms with Gasteiger partial charge in [-0.05, 0) is 44.9 Å². The third kappa shape index (κ3) is 3.45. The Labute approximate surface area is 158 Å². The number of furan rings is 1. The number of carbonyl (C=O) groups excluding carboxylic acids is 1. The number of nitrogens with one attached hydrogen (secondary N) is 2. The van der Waals surface area contributed by atoms with Crippen molar-refractivity contribution in [1.82, 2.24) is 10.6 Å². The average molecular weight is 375 g/mol. The van der Waals surface area contributed by atoms with Gasteiger partial charge in [0, 0.05) is 29.4 Å². The van der Waals surface area contributed by atoms with Gasteiger partial charge in [0.1, 0.15) is 11.3 Å². The molecule has 5 nitrogen and oxygen atoms in total. The van der Waals surface area contributed by atoms with Gasteiger partial charge in [-0.15, -0.1) is 0 Å². The summed E-state index contributed by atoms with van der Waals surface area (Å²) in [6.07, 6.45) is 2.87. The predicted molar refractivity (Wildman–Crippen MR) is 105 cm³/mol. The van der Waals surface area contributed by atoms with E-state index in [1.807, 2.05) is 49.9 Å². The molecule has 3 unspecified atom stereocenters. The van der Waals surface area contributed by atoms with Gasteiger partial charge in [-0.1, -0.05) is 18.2 Å². The molecule has 3 atom stereocenters. The molecule has 4 rings (SSSR count). The van der Waals surface area contributed by atoms with Crippen LogP contribution in [0, 0.1) is 6.92 Å². The maximum Gasteiger partial charge on any atom is 0.315 e. The summed E-state index contributed by atoms with van der Waals surface area (Å²) in [5.74, 6) is 3.01. The fraction of sp³-hybridized carbons (Fsp3) is 0.550. The Hall–Kier alpha value is -1.66. The van der Waals surface area contributed by atoms with E-state index in [0.717, 1.165) is 59.7 Å². The molecule has 2 aromatic rings. The smallest absolute Gasteiger partial charge is 0.315 e. The molecule has 0 aliphatic carbocycles. The first-order chi connectivity index (χ1) is 12.6. The molecule has 0 radical (unpaired) electrons. The van der Waals surface area contributed by atoms with Crippen LogP contribution in [0.5, 0.6) is 0 Å². The Balaban J connectivity index is 1.38. The minimum Gasteiger partial charge on any atom is -0.459 e. The fourth-order valence-electron chi connectivity index (χ4n) is 4.11. The zero-order valence-corrected chi connectivity index (χ0v) is 16.2. The topological polar surface area (TPSA) is 63.5 Å². The number of amides is 2. The van der Waals surface area contributed by atoms with E-state index >= 15 is 0 Å². The van der Waals surface area contributed by atoms with Gasteiger partial charge in [-0.3, -0.25) is 0 Å². The van der Waals surface area contributed by atoms with Crippen LogP contribution in [0.4, 0.5) is 4.79 Å². The minimum absolute atomic E-state index is 0.0260. The van der Waals surface area contributed by atoms with E-state index in [2.05, 4.69) is 10.6 Å². The summed E-state index contributed by atoms with van der Waals surface area (Å²) < 4.78 is 12.0. The molecule has 2 aliphatic heterocycles. The van der Waals surface area contributed by atoms with Crippen LogP contribution in [-0.4, -0.2) is 35.8 Å². The van der Waals surface area contributed by atoms with E-state index in [1.165, 1.54) is 0 Å². The SMILES string of the molecule is Cc1c(C(C)NC(=O)NC2CCOC3(CCSC3)C2)oc2ccccc12. The standard InChI is InChI=1S/C20H26N2O3S/c1-13-16-5-3-4-6-17(16)25-18(13)14(2)21-19(23)22-15-7-9-24-20(11-15)8-10-26-12-20/h3-6,14-15H,7-12H2,1-2H3,(H2,21,22,23). The van der Waals surface area contributed by atoms with Crippen LogP contribution >= 0.6 is 11.8 Å². The Kier molecular flexibility index (Phi) is 4.88. The first-order valence-corrected chi connectivity index (χ1v) is 10.5. The summed E-state index contributed by atoms with van der Waals surface area (Å²) >= 11 is 1.95. The summed E-state index contributed by atoms with van der Waals surface area (Å²) in [4.78, 5) is 12.5. The summed E-state index contributed by atoms with van der Waals surface area (Å²) in [5.41, 5.74) is 1.92. The second-order valence-corrected chi connectivity index (χ2v) is 8.56. The van der Waals surface area contributed by atoms with Crippen LogP contribution in [-0.2, 0) is 4.74 Å². The second-order valence-electron chi connectivity index (χ2n) is 7.45. The molecule has 2 fully saturated rings. The van der Waals surface area contributed by atoms with Crippen LogP contribution < -0.4 is 10.6 Å². The number of benzene rings is 1. The molecule has 2 amide bonds. The molecular weight excluding hydrogens is 348 g/mol. The zero-order valence-electron chi connectivity index (χ0n) is 15.3. The molecule has 2 N–H and O–H groups in total. The number of rotatable bonds is 3. The molecule has 140 valence electrons. The van der Waals surface area contributed by atoms with E-state index in [4.69, 9.17) is 9.15 Å². The third-order valence-corrected chi connectivity index (χ3v) is 6.74. The number of para-hydroxylation sites is 1. The Morgan fingerprint density at radius 1 is 1.38 bits per heavy atom. The van der Waals surface area contributed by atoms with Gasteiger partial charge >= 0.3 is 6.03 Å². The summed E-state index contributed by atoms with van der Waals surface area (Å²) in [6, 6.07) is 7.82. The average Bonchev–Trinajstić information content (AvgIpc) is 3.20. The highest BCUT2D eigenvalue weighted by molar-refractivity contribution is 7.99. The van der Waals surface area contributed by atoms with E-state index < -0.39 is 0 Å². The lowest BCUT2D eigenvalue weighted by atomic mass is 9.90. The number of carbonyl (C=O) groups is 1. The quantitative estimate of drug-likeness (QED) is 0.847. The highest BCUT2D eigenvalue weighted by atomic mass is 32.2. The summed E-state index contributed by atoms with van der Waals surface area (Å²) in [5, 5.41) is 7.28. The summed E-state index contributed by atoms with van der Waals surface area (Å²) in [7, 11) is 0. The highest BCUT2D eigenvalue weighted by Gasteiger charge is 2.40. The van der Waals surface area contributed by atoms with E-state index in [0.29, 0.717) is 0 Å². The van der Waals surface area contributed by atoms with Crippen LogP contribution in [0.2, 0.25) is 0 Å². The van der Waals surface area contributed by atoms with Crippen LogP contribution in [0.25, 0.3) is 11.0 Å². The van der Waals surface area contributed by atoms with Crippen molar-refractivity contribution in [3.05, 3.63) is 35.6 Å². The Morgan fingerprint density at radius 2 is 2.23 bits per heavy atom. The van der Waals surface area contributed by atoms with Gasteiger partial charge in [0.2, 0.25) is 0 Å². The maximum absolute atomic E-state index is 12.5. The predicted octanol–water partition coefficient (Wildman–Crippen LogP) is 4.16. The van der Waals surface area contributed by atoms with Crippen LogP contribution in [0.1, 0.15) is 43.6 Å². The number of hydrogen-bond acceptors (Lipinski definition) is 4. The second kappa shape index (κ2) is 7.16. The number of ether oxygens (including phenoxy) is 1. The van der Waals surface area contributed by atoms with Crippen molar-refractivity contribution in [1.29, 1.82) is 0 Å². The van der Waals surface area contributed by atoms with Crippen molar-refractivity contribution in [2.24, 2.45) is 0 Å². The molecule has 6 heteroatoms. The summed E-state index contributed by atoms with van der Waals surface area (Å²) in [6.45, 7) is 4.73. The van der Waals surface area contributed by atoms with Crippen LogP contribution in [0.3, 0.4) is 0 Å². The van der Waals surface area contributed by atoms with Crippen molar-refractivity contribution in [3.8, 4) is 0 Å². The Bertz CT molecular complexity index is 797. The molecule has 1 spiro atoms. The van der Waals surface area contributed by atoms with Crippen molar-refractivity contribution >= 4 is 28.8 Å². The Morgan fingerprint density at radius 3 is 3.00 bits per heavy atom. The molecule has 1 aromatic carbocycles. The van der Waals surface area contributed by atoms with E-state index in [9.17, 15) is 4.79 Å². The van der Waals surface area contributed by atoms with E-state index in [1.54, 1.807) is 0 Å². The minimum atomic E-state index is -0.182. The van der Waals surface area contributed by atoms with Gasteiger partial charge in [0.15, 0.2) is 0 Å². The number of fused-ring (bicyclic) bond motifs is 1. The largest absolute Gasteiger partial charge is 0.459 e. The van der Waals surface area contributed by atoms with Crippen molar-refractivity contribution in [2.45, 2.75) is 50.8 Å². The normalized spacial score (nSPS) is 26.9. The van der Waals surface area contributed by atoms with Crippen molar-refractivity contribution < 1.29 is 13.9 Å². The van der Waals surface area contributed by atoms with Crippen LogP contribution in [0.15, 0.2) is 28.7 Å². The monoisotopic (exact) mass is 374 g/mol. The van der Waals surface area contributed by atoms with E-state index in [-0.39, 0.29) is 23.7 Å². The van der Waals surface area contributed by atoms with Gasteiger partial charge < -0.3 is 19.8 Å². The number of aryl methyl sites for hydroxylation is 1. The van der Waals surface area contributed by atoms with Gasteiger partial charge in [-0.2, -0.15) is 11.8 Å². The molecule has 0 saturated carbocycles. The van der Waals surface area contributed by atoms with Crippen molar-refractivity contribution in [3.63, 3.8) is 0 Å². The lowest BCUT2D eigenvalue weighted by molar-refractivity contribution is -0.0684. The molecule has 2 aliphatic rings. The third-order valence-electron chi connectivity index (χ3n) is 5.52. The van der Waals surface area contributed by atoms with Crippen molar-refractivity contribution in [2.75, 3.05) is 18.1 Å². The maximum atomic E-state index is 12.5. The molecule has 1 aromatic heterocycles. The molecular formula is C20H26N2O3S. The molecule has 2 saturated heterocycles. The molecule has 0 bridgehead atoms. The lowest BCUT2D eigenvalue weighted by Gasteiger charge is -2.38. The molecule has 3 heterocycles. The fourth-order valence-corrected chi connectivity index (χ4v) is 5.49. The number of thioether (sulfide) groups is 1. The van der Waals surface area contributed by atoms with Gasteiger partial charge in [-0.25, -0.2) is 4.79 Å². The van der Waals surface area contributed by atoms with Gasteiger partial charge in [0.25, 0.3) is 0 Å². The lowest BCUT2D eigenvalue weighted by Crippen LogP contribution is -2.51. The first-order valence-electron chi connectivity index (χ1n) is 9.33. The number of hydrogen-bond donors (Lipinski definition) is 2. The number of urea groups is 1. The first kappa shape index (κ1) is 17.7.